The van der Waals surface area contributed by atoms with Crippen molar-refractivity contribution in [3.8, 4) is 0 Å². The van der Waals surface area contributed by atoms with Gasteiger partial charge in [0.2, 0.25) is 0 Å². The number of hydrogen-bond acceptors (Lipinski definition) is 4. The maximum Gasteiger partial charge on any atom is 0.303 e. The highest BCUT2D eigenvalue weighted by molar-refractivity contribution is 5.66. The second-order valence-electron chi connectivity index (χ2n) is 7.41. The minimum Gasteiger partial charge on any atom is -0.481 e. The van der Waals surface area contributed by atoms with Gasteiger partial charge in [0.25, 0.3) is 0 Å². The van der Waals surface area contributed by atoms with Crippen LogP contribution in [-0.2, 0) is 4.79 Å². The van der Waals surface area contributed by atoms with Gasteiger partial charge in [-0.15, -0.1) is 0 Å². The van der Waals surface area contributed by atoms with Gasteiger partial charge in [0.15, 0.2) is 0 Å². The summed E-state index contributed by atoms with van der Waals surface area (Å²) in [5.74, 6) is -1.18. The molecule has 5 unspecified atom stereocenters. The van der Waals surface area contributed by atoms with E-state index in [0.717, 1.165) is 19.3 Å². The fourth-order valence-electron chi connectivity index (χ4n) is 3.75. The van der Waals surface area contributed by atoms with E-state index in [-0.39, 0.29) is 18.3 Å². The molecular weight excluding hydrogens is 320 g/mol. The van der Waals surface area contributed by atoms with Crippen molar-refractivity contribution in [2.45, 2.75) is 95.9 Å². The zero-order valence-electron chi connectivity index (χ0n) is 15.5. The number of carbonyl (C=O) groups is 1. The van der Waals surface area contributed by atoms with Crippen LogP contribution in [0.15, 0.2) is 12.2 Å². The zero-order valence-corrected chi connectivity index (χ0v) is 15.5. The third-order valence-electron chi connectivity index (χ3n) is 5.25. The number of aliphatic hydroxyl groups is 3. The van der Waals surface area contributed by atoms with Gasteiger partial charge >= 0.3 is 5.97 Å². The summed E-state index contributed by atoms with van der Waals surface area (Å²) in [5.41, 5.74) is 0. The Kier molecular flexibility index (Phi) is 11.0. The first kappa shape index (κ1) is 22.1. The van der Waals surface area contributed by atoms with E-state index in [1.54, 1.807) is 6.08 Å². The first-order valence-electron chi connectivity index (χ1n) is 9.90. The maximum absolute atomic E-state index is 10.6. The fraction of sp³-hybridized carbons (Fsp3) is 0.850. The zero-order chi connectivity index (χ0) is 18.7. The van der Waals surface area contributed by atoms with Crippen LogP contribution in [0.25, 0.3) is 0 Å². The molecule has 1 rings (SSSR count). The Balaban J connectivity index is 2.36. The Morgan fingerprint density at radius 1 is 1.08 bits per heavy atom. The van der Waals surface area contributed by atoms with Gasteiger partial charge in [0.05, 0.1) is 18.3 Å². The molecule has 0 saturated heterocycles. The number of hydrogen-bond donors (Lipinski definition) is 4. The Labute approximate surface area is 151 Å². The molecule has 0 spiro atoms. The molecule has 25 heavy (non-hydrogen) atoms. The second kappa shape index (κ2) is 12.4. The van der Waals surface area contributed by atoms with E-state index in [1.165, 1.54) is 25.7 Å². The third kappa shape index (κ3) is 8.84. The standard InChI is InChI=1S/C20H36O5/c1-2-3-4-5-6-7-9-15(21)12-13-17-16(10-8-11-20(24)25)18(22)14-19(17)23/h12-13,15-19,21-23H,2-11,14H2,1H3,(H,24,25). The van der Waals surface area contributed by atoms with E-state index >= 15 is 0 Å². The average Bonchev–Trinajstić information content (AvgIpc) is 2.82. The average molecular weight is 357 g/mol. The van der Waals surface area contributed by atoms with Crippen LogP contribution in [0, 0.1) is 11.8 Å². The van der Waals surface area contributed by atoms with Crippen molar-refractivity contribution >= 4 is 5.97 Å². The van der Waals surface area contributed by atoms with Crippen LogP contribution in [0.5, 0.6) is 0 Å². The van der Waals surface area contributed by atoms with Crippen LogP contribution < -0.4 is 0 Å². The van der Waals surface area contributed by atoms with Crippen molar-refractivity contribution in [3.63, 3.8) is 0 Å². The molecule has 146 valence electrons. The molecule has 0 aromatic rings. The summed E-state index contributed by atoms with van der Waals surface area (Å²) >= 11 is 0. The molecule has 0 amide bonds. The van der Waals surface area contributed by atoms with Crippen molar-refractivity contribution in [2.75, 3.05) is 0 Å². The topological polar surface area (TPSA) is 98.0 Å². The van der Waals surface area contributed by atoms with Crippen molar-refractivity contribution in [1.82, 2.24) is 0 Å². The van der Waals surface area contributed by atoms with E-state index in [2.05, 4.69) is 6.92 Å². The summed E-state index contributed by atoms with van der Waals surface area (Å²) in [4.78, 5) is 10.6. The highest BCUT2D eigenvalue weighted by Crippen LogP contribution is 2.37. The number of carboxylic acid groups (broad SMARTS) is 1. The summed E-state index contributed by atoms with van der Waals surface area (Å²) < 4.78 is 0. The molecule has 0 aromatic heterocycles. The summed E-state index contributed by atoms with van der Waals surface area (Å²) in [7, 11) is 0. The third-order valence-corrected chi connectivity index (χ3v) is 5.25. The number of unbranched alkanes of at least 4 members (excludes halogenated alkanes) is 5. The van der Waals surface area contributed by atoms with Crippen LogP contribution in [-0.4, -0.2) is 44.7 Å². The smallest absolute Gasteiger partial charge is 0.303 e. The van der Waals surface area contributed by atoms with Crippen LogP contribution in [0.2, 0.25) is 0 Å². The predicted octanol–water partition coefficient (Wildman–Crippen LogP) is 3.27. The quantitative estimate of drug-likeness (QED) is 0.300. The number of aliphatic hydroxyl groups excluding tert-OH is 3. The first-order valence-corrected chi connectivity index (χ1v) is 9.90. The van der Waals surface area contributed by atoms with E-state index < -0.39 is 24.3 Å². The van der Waals surface area contributed by atoms with Crippen molar-refractivity contribution in [2.24, 2.45) is 11.8 Å². The molecule has 1 aliphatic rings. The van der Waals surface area contributed by atoms with Gasteiger partial charge in [-0.25, -0.2) is 0 Å². The van der Waals surface area contributed by atoms with Gasteiger partial charge in [-0.1, -0.05) is 57.6 Å². The summed E-state index contributed by atoms with van der Waals surface area (Å²) in [6.07, 6.45) is 11.1. The summed E-state index contributed by atoms with van der Waals surface area (Å²) in [5, 5.41) is 39.1. The Morgan fingerprint density at radius 2 is 1.76 bits per heavy atom. The Bertz CT molecular complexity index is 396. The highest BCUT2D eigenvalue weighted by atomic mass is 16.4. The molecular formula is C20H36O5. The largest absolute Gasteiger partial charge is 0.481 e. The highest BCUT2D eigenvalue weighted by Gasteiger charge is 2.39. The molecule has 0 aromatic carbocycles. The van der Waals surface area contributed by atoms with E-state index in [4.69, 9.17) is 5.11 Å². The molecule has 5 heteroatoms. The number of aliphatic carboxylic acids is 1. The van der Waals surface area contributed by atoms with E-state index in [9.17, 15) is 20.1 Å². The maximum atomic E-state index is 10.6. The van der Waals surface area contributed by atoms with Crippen molar-refractivity contribution in [3.05, 3.63) is 12.2 Å². The Hall–Kier alpha value is -0.910. The lowest BCUT2D eigenvalue weighted by atomic mass is 9.88. The molecule has 5 atom stereocenters. The minimum atomic E-state index is -0.838. The van der Waals surface area contributed by atoms with Gasteiger partial charge in [-0.05, 0) is 25.2 Å². The normalized spacial score (nSPS) is 27.8. The van der Waals surface area contributed by atoms with Gasteiger partial charge in [-0.2, -0.15) is 0 Å². The fourth-order valence-corrected chi connectivity index (χ4v) is 3.75. The van der Waals surface area contributed by atoms with Crippen LogP contribution in [0.1, 0.15) is 77.6 Å². The summed E-state index contributed by atoms with van der Waals surface area (Å²) in [6, 6.07) is 0. The SMILES string of the molecule is CCCCCCCCC(O)C=CC1C(O)CC(O)C1CCCC(=O)O. The van der Waals surface area contributed by atoms with Crippen molar-refractivity contribution in [1.29, 1.82) is 0 Å². The van der Waals surface area contributed by atoms with Gasteiger partial charge in [0, 0.05) is 18.8 Å². The van der Waals surface area contributed by atoms with Gasteiger partial charge < -0.3 is 20.4 Å². The molecule has 4 N–H and O–H groups in total. The summed E-state index contributed by atoms with van der Waals surface area (Å²) in [6.45, 7) is 2.19. The second-order valence-corrected chi connectivity index (χ2v) is 7.41. The first-order chi connectivity index (χ1) is 12.0. The van der Waals surface area contributed by atoms with Gasteiger partial charge in [-0.3, -0.25) is 4.79 Å². The van der Waals surface area contributed by atoms with Crippen LogP contribution >= 0.6 is 0 Å². The van der Waals surface area contributed by atoms with Crippen LogP contribution in [0.4, 0.5) is 0 Å². The van der Waals surface area contributed by atoms with Crippen molar-refractivity contribution < 1.29 is 25.2 Å². The molecule has 1 fully saturated rings. The Morgan fingerprint density at radius 3 is 2.44 bits per heavy atom. The minimum absolute atomic E-state index is 0.0798. The lowest BCUT2D eigenvalue weighted by molar-refractivity contribution is -0.137. The molecule has 0 bridgehead atoms. The lowest BCUT2D eigenvalue weighted by Gasteiger charge is -2.20. The molecule has 1 aliphatic carbocycles. The van der Waals surface area contributed by atoms with E-state index in [0.29, 0.717) is 19.3 Å². The monoisotopic (exact) mass is 356 g/mol. The van der Waals surface area contributed by atoms with E-state index in [1.807, 2.05) is 6.08 Å². The lowest BCUT2D eigenvalue weighted by Crippen LogP contribution is -2.21. The number of rotatable bonds is 13. The van der Waals surface area contributed by atoms with Crippen LogP contribution in [0.3, 0.4) is 0 Å². The van der Waals surface area contributed by atoms with Gasteiger partial charge in [0.1, 0.15) is 0 Å². The molecule has 5 nitrogen and oxygen atoms in total. The molecule has 0 aliphatic heterocycles. The number of carboxylic acids is 1. The molecule has 0 heterocycles. The molecule has 1 saturated carbocycles. The molecule has 0 radical (unpaired) electrons. The predicted molar refractivity (Wildman–Crippen MR) is 98.2 cm³/mol.